The van der Waals surface area contributed by atoms with Crippen LogP contribution in [0.4, 0.5) is 20.4 Å². The van der Waals surface area contributed by atoms with E-state index in [9.17, 15) is 4.79 Å². The molecule has 4 heterocycles. The van der Waals surface area contributed by atoms with Gasteiger partial charge in [-0.25, -0.2) is 13.8 Å². The Hall–Kier alpha value is -4.41. The second-order valence-electron chi connectivity index (χ2n) is 9.64. The Morgan fingerprint density at radius 1 is 1.16 bits per heavy atom. The Bertz CT molecular complexity index is 1620. The summed E-state index contributed by atoms with van der Waals surface area (Å²) in [4.78, 5) is 26.2. The number of aromatic nitrogens is 5. The molecule has 9 nitrogen and oxygen atoms in total. The van der Waals surface area contributed by atoms with Crippen molar-refractivity contribution in [2.24, 2.45) is 25.0 Å². The average molecular weight is 520 g/mol. The molecule has 0 fully saturated rings. The summed E-state index contributed by atoms with van der Waals surface area (Å²) in [5.74, 6) is -1.89. The van der Waals surface area contributed by atoms with Crippen LogP contribution in [-0.2, 0) is 20.5 Å². The predicted octanol–water partition coefficient (Wildman–Crippen LogP) is 4.78. The number of nitrogens with one attached hydrogen (secondary N) is 1. The Morgan fingerprint density at radius 2 is 1.95 bits per heavy atom. The van der Waals surface area contributed by atoms with E-state index in [4.69, 9.17) is 4.74 Å². The monoisotopic (exact) mass is 519 g/mol. The molecule has 0 amide bonds. The fraction of sp³-hybridized carbons (Fsp3) is 0.296. The van der Waals surface area contributed by atoms with Crippen molar-refractivity contribution in [3.63, 3.8) is 0 Å². The van der Waals surface area contributed by atoms with Crippen LogP contribution in [0.2, 0.25) is 0 Å². The van der Waals surface area contributed by atoms with E-state index in [1.165, 1.54) is 23.0 Å². The first-order valence-electron chi connectivity index (χ1n) is 12.2. The average Bonchev–Trinajstić information content (AvgIpc) is 3.32. The lowest BCUT2D eigenvalue weighted by Gasteiger charge is -2.24. The third-order valence-corrected chi connectivity index (χ3v) is 6.29. The first-order valence-corrected chi connectivity index (χ1v) is 12.2. The molecule has 1 aliphatic heterocycles. The number of benzene rings is 1. The van der Waals surface area contributed by atoms with Crippen molar-refractivity contribution in [1.82, 2.24) is 24.3 Å². The molecule has 4 aromatic rings. The number of pyridine rings is 1. The van der Waals surface area contributed by atoms with Crippen molar-refractivity contribution < 1.29 is 13.5 Å². The molecule has 0 bridgehead atoms. The maximum atomic E-state index is 15.6. The maximum Gasteiger partial charge on any atom is 0.263 e. The van der Waals surface area contributed by atoms with E-state index in [2.05, 4.69) is 25.4 Å². The molecule has 0 aliphatic carbocycles. The van der Waals surface area contributed by atoms with E-state index in [0.717, 1.165) is 11.6 Å². The van der Waals surface area contributed by atoms with Gasteiger partial charge in [0.05, 0.1) is 28.9 Å². The third kappa shape index (κ3) is 4.67. The van der Waals surface area contributed by atoms with E-state index >= 15 is 8.78 Å². The minimum absolute atomic E-state index is 0.0909. The topological polar surface area (TPSA) is 99.2 Å². The largest absolute Gasteiger partial charge is 0.451 e. The summed E-state index contributed by atoms with van der Waals surface area (Å²) >= 11 is 0. The van der Waals surface area contributed by atoms with Crippen molar-refractivity contribution in [3.8, 4) is 22.8 Å². The zero-order valence-electron chi connectivity index (χ0n) is 21.7. The first kappa shape index (κ1) is 25.2. The molecule has 1 aromatic carbocycles. The van der Waals surface area contributed by atoms with Gasteiger partial charge in [-0.15, -0.1) is 0 Å². The summed E-state index contributed by atoms with van der Waals surface area (Å²) in [6.07, 6.45) is 6.59. The molecule has 196 valence electrons. The number of anilines is 1. The molecular formula is C27H27F2N7O2. The molecule has 5 rings (SSSR count). The number of fused-ring (bicyclic) bond motifs is 1. The summed E-state index contributed by atoms with van der Waals surface area (Å²) in [6, 6.07) is 4.34. The number of aryl methyl sites for hydroxylation is 1. The van der Waals surface area contributed by atoms with E-state index in [1.54, 1.807) is 37.2 Å². The minimum atomic E-state index is -0.902. The fourth-order valence-corrected chi connectivity index (χ4v) is 4.40. The molecule has 0 spiro atoms. The highest BCUT2D eigenvalue weighted by Gasteiger charge is 2.29. The molecule has 1 aliphatic rings. The second kappa shape index (κ2) is 9.81. The van der Waals surface area contributed by atoms with Crippen molar-refractivity contribution in [2.75, 3.05) is 5.32 Å². The smallest absolute Gasteiger partial charge is 0.263 e. The van der Waals surface area contributed by atoms with Crippen molar-refractivity contribution >= 4 is 17.3 Å². The van der Waals surface area contributed by atoms with Crippen molar-refractivity contribution in [3.05, 3.63) is 76.1 Å². The van der Waals surface area contributed by atoms with Crippen molar-refractivity contribution in [1.29, 1.82) is 0 Å². The third-order valence-electron chi connectivity index (χ3n) is 6.29. The molecule has 38 heavy (non-hydrogen) atoms. The predicted molar refractivity (Wildman–Crippen MR) is 140 cm³/mol. The van der Waals surface area contributed by atoms with Crippen LogP contribution >= 0.6 is 0 Å². The zero-order chi connectivity index (χ0) is 27.1. The van der Waals surface area contributed by atoms with Gasteiger partial charge in [-0.05, 0) is 26.3 Å². The molecule has 1 atom stereocenters. The van der Waals surface area contributed by atoms with Gasteiger partial charge in [-0.1, -0.05) is 6.92 Å². The van der Waals surface area contributed by atoms with Crippen LogP contribution in [0.25, 0.3) is 11.3 Å². The van der Waals surface area contributed by atoms with Gasteiger partial charge in [0, 0.05) is 67.9 Å². The van der Waals surface area contributed by atoms with Crippen LogP contribution in [0, 0.1) is 17.6 Å². The number of halogens is 2. The number of rotatable bonds is 6. The summed E-state index contributed by atoms with van der Waals surface area (Å²) < 4.78 is 39.4. The van der Waals surface area contributed by atoms with Crippen LogP contribution in [0.1, 0.15) is 31.9 Å². The molecule has 1 N–H and O–H groups in total. The van der Waals surface area contributed by atoms with Gasteiger partial charge in [0.15, 0.2) is 17.4 Å². The number of nitrogens with zero attached hydrogens (tertiary/aromatic N) is 6. The number of hydrogen-bond acceptors (Lipinski definition) is 7. The minimum Gasteiger partial charge on any atom is -0.451 e. The quantitative estimate of drug-likeness (QED) is 0.394. The van der Waals surface area contributed by atoms with Crippen LogP contribution in [0.5, 0.6) is 11.5 Å². The van der Waals surface area contributed by atoms with Gasteiger partial charge in [0.1, 0.15) is 5.75 Å². The van der Waals surface area contributed by atoms with Crippen molar-refractivity contribution in [2.45, 2.75) is 33.2 Å². The fourth-order valence-electron chi connectivity index (χ4n) is 4.40. The maximum absolute atomic E-state index is 15.6. The van der Waals surface area contributed by atoms with Crippen LogP contribution in [-0.4, -0.2) is 36.1 Å². The highest BCUT2D eigenvalue weighted by molar-refractivity contribution is 6.04. The van der Waals surface area contributed by atoms with Crippen LogP contribution in [0.15, 0.2) is 52.8 Å². The van der Waals surface area contributed by atoms with Gasteiger partial charge in [-0.3, -0.25) is 24.0 Å². The van der Waals surface area contributed by atoms with Gasteiger partial charge < -0.3 is 10.1 Å². The highest BCUT2D eigenvalue weighted by atomic mass is 19.1. The lowest BCUT2D eigenvalue weighted by Crippen LogP contribution is -2.32. The molecule has 0 saturated heterocycles. The lowest BCUT2D eigenvalue weighted by molar-refractivity contribution is 0.403. The molecule has 3 aromatic heterocycles. The SMILES string of the molecule is CC(C)Nc1ncc(C2=Nc3cc(F)c(Oc4ccnc(-c5cnn(C)c5)c4)c(F)c3CC2C)c(=O)n1C. The van der Waals surface area contributed by atoms with E-state index < -0.39 is 17.4 Å². The number of ether oxygens (including phenoxy) is 1. The Kier molecular flexibility index (Phi) is 6.52. The Balaban J connectivity index is 1.49. The summed E-state index contributed by atoms with van der Waals surface area (Å²) in [7, 11) is 3.40. The van der Waals surface area contributed by atoms with Crippen LogP contribution in [0.3, 0.4) is 0 Å². The second-order valence-corrected chi connectivity index (χ2v) is 9.64. The first-order chi connectivity index (χ1) is 18.1. The number of aliphatic imine (C=N–C) groups is 1. The van der Waals surface area contributed by atoms with Gasteiger partial charge >= 0.3 is 0 Å². The molecular weight excluding hydrogens is 492 g/mol. The molecule has 0 radical (unpaired) electrons. The van der Waals surface area contributed by atoms with Gasteiger partial charge in [-0.2, -0.15) is 5.10 Å². The Labute approximate surface area is 217 Å². The van der Waals surface area contributed by atoms with Crippen LogP contribution < -0.4 is 15.6 Å². The Morgan fingerprint density at radius 3 is 2.66 bits per heavy atom. The van der Waals surface area contributed by atoms with E-state index in [-0.39, 0.29) is 40.9 Å². The summed E-state index contributed by atoms with van der Waals surface area (Å²) in [5, 5.41) is 7.24. The van der Waals surface area contributed by atoms with Gasteiger partial charge in [0.25, 0.3) is 5.56 Å². The van der Waals surface area contributed by atoms with E-state index in [1.807, 2.05) is 20.8 Å². The standard InChI is InChI=1S/C27H27F2N7O2/c1-14(2)33-27-31-12-19(26(37)36(27)5)24-15(3)8-18-22(34-24)10-20(28)25(23(18)29)38-17-6-7-30-21(9-17)16-11-32-35(4)13-16/h6-7,9-15H,8H2,1-5H3,(H,31,33). The van der Waals surface area contributed by atoms with E-state index in [0.29, 0.717) is 22.9 Å². The highest BCUT2D eigenvalue weighted by Crippen LogP contribution is 2.39. The lowest BCUT2D eigenvalue weighted by atomic mass is 9.89. The van der Waals surface area contributed by atoms with Gasteiger partial charge in [0.2, 0.25) is 5.95 Å². The summed E-state index contributed by atoms with van der Waals surface area (Å²) in [6.45, 7) is 5.73. The molecule has 0 saturated carbocycles. The number of hydrogen-bond donors (Lipinski definition) is 1. The molecule has 1 unspecified atom stereocenters. The zero-order valence-corrected chi connectivity index (χ0v) is 21.7. The molecule has 11 heteroatoms. The normalized spacial score (nSPS) is 14.8. The summed E-state index contributed by atoms with van der Waals surface area (Å²) in [5.41, 5.74) is 2.08.